The van der Waals surface area contributed by atoms with E-state index in [0.29, 0.717) is 24.1 Å². The van der Waals surface area contributed by atoms with Crippen LogP contribution in [0.3, 0.4) is 0 Å². The van der Waals surface area contributed by atoms with Crippen LogP contribution in [0.1, 0.15) is 64.8 Å². The molecule has 3 N–H and O–H groups in total. The van der Waals surface area contributed by atoms with E-state index in [2.05, 4.69) is 55.2 Å². The second kappa shape index (κ2) is 13.2. The number of ether oxygens (including phenoxy) is 1. The summed E-state index contributed by atoms with van der Waals surface area (Å²) >= 11 is 0. The van der Waals surface area contributed by atoms with Crippen LogP contribution in [-0.4, -0.2) is 61.8 Å². The quantitative estimate of drug-likeness (QED) is 0.171. The molecule has 1 aliphatic heterocycles. The van der Waals surface area contributed by atoms with E-state index < -0.39 is 17.0 Å². The summed E-state index contributed by atoms with van der Waals surface area (Å²) < 4.78 is 35.4. The predicted molar refractivity (Wildman–Crippen MR) is 162 cm³/mol. The molecule has 0 radical (unpaired) electrons. The van der Waals surface area contributed by atoms with Crippen molar-refractivity contribution in [2.45, 2.75) is 65.2 Å². The number of benzene rings is 1. The van der Waals surface area contributed by atoms with Crippen LogP contribution >= 0.6 is 0 Å². The summed E-state index contributed by atoms with van der Waals surface area (Å²) in [7, 11) is 0. The second-order valence-corrected chi connectivity index (χ2v) is 12.5. The minimum Gasteiger partial charge on any atom is -0.493 e. The fourth-order valence-electron chi connectivity index (χ4n) is 5.41. The molecule has 230 valence electrons. The van der Waals surface area contributed by atoms with Crippen LogP contribution < -0.4 is 9.64 Å². The highest BCUT2D eigenvalue weighted by Gasteiger charge is 2.25. The van der Waals surface area contributed by atoms with Gasteiger partial charge in [-0.05, 0) is 56.1 Å². The van der Waals surface area contributed by atoms with Crippen LogP contribution in [0.5, 0.6) is 5.75 Å². The topological polar surface area (TPSA) is 116 Å². The Balaban J connectivity index is 1.06. The van der Waals surface area contributed by atoms with Gasteiger partial charge in [0.2, 0.25) is 5.95 Å². The van der Waals surface area contributed by atoms with Crippen molar-refractivity contribution in [1.82, 2.24) is 30.4 Å². The largest absolute Gasteiger partial charge is 0.493 e. The number of aliphatic hydroxyl groups excluding tert-OH is 1. The first-order valence-corrected chi connectivity index (χ1v) is 15.0. The number of piperidine rings is 1. The van der Waals surface area contributed by atoms with Crippen molar-refractivity contribution in [3.8, 4) is 28.3 Å². The summed E-state index contributed by atoms with van der Waals surface area (Å²) in [4.78, 5) is 11.4. The zero-order valence-electron chi connectivity index (χ0n) is 25.3. The predicted octanol–water partition coefficient (Wildman–Crippen LogP) is 6.08. The van der Waals surface area contributed by atoms with Gasteiger partial charge in [0.1, 0.15) is 17.4 Å². The van der Waals surface area contributed by atoms with Crippen LogP contribution in [0.4, 0.5) is 14.7 Å². The summed E-state index contributed by atoms with van der Waals surface area (Å²) in [6.07, 6.45) is 8.45. The Kier molecular flexibility index (Phi) is 9.39. The molecule has 0 bridgehead atoms. The number of aromatic nitrogens is 6. The zero-order chi connectivity index (χ0) is 30.6. The van der Waals surface area contributed by atoms with Gasteiger partial charge in [0, 0.05) is 60.0 Å². The maximum Gasteiger partial charge on any atom is 0.225 e. The lowest BCUT2D eigenvalue weighted by molar-refractivity contribution is 0.215. The van der Waals surface area contributed by atoms with Crippen molar-refractivity contribution in [2.75, 3.05) is 31.2 Å². The minimum atomic E-state index is -0.738. The van der Waals surface area contributed by atoms with E-state index in [4.69, 9.17) is 4.74 Å². The van der Waals surface area contributed by atoms with Gasteiger partial charge in [0.15, 0.2) is 0 Å². The van der Waals surface area contributed by atoms with Gasteiger partial charge >= 0.3 is 0 Å². The highest BCUT2D eigenvalue weighted by molar-refractivity contribution is 5.62. The van der Waals surface area contributed by atoms with E-state index in [1.807, 2.05) is 26.2 Å². The normalized spacial score (nSPS) is 14.6. The molecule has 0 spiro atoms. The lowest BCUT2D eigenvalue weighted by Gasteiger charge is -2.32. The molecule has 3 aromatic heterocycles. The molecule has 5 rings (SSSR count). The Morgan fingerprint density at radius 1 is 1.00 bits per heavy atom. The van der Waals surface area contributed by atoms with Crippen LogP contribution in [0, 0.1) is 23.5 Å². The third-order valence-corrected chi connectivity index (χ3v) is 8.09. The summed E-state index contributed by atoms with van der Waals surface area (Å²) in [6.45, 7) is 10.0. The summed E-state index contributed by atoms with van der Waals surface area (Å²) in [5.74, 6) is 0.528. The molecule has 9 nitrogen and oxygen atoms in total. The van der Waals surface area contributed by atoms with Crippen molar-refractivity contribution in [2.24, 2.45) is 11.8 Å². The fourth-order valence-corrected chi connectivity index (χ4v) is 5.41. The molecule has 1 fully saturated rings. The Labute approximate surface area is 251 Å². The molecule has 11 heteroatoms. The molecule has 0 aliphatic carbocycles. The SMILES string of the molecule is CC(C)Cc1cc(-c2cnc(N3CCC(CCCOc4cc(F)c(-c5cc(C(C)(C)CO)[nH]n5)c(F)c4)CC3)nc2)n[nH]1. The average Bonchev–Trinajstić information content (AvgIpc) is 3.66. The van der Waals surface area contributed by atoms with Crippen molar-refractivity contribution in [1.29, 1.82) is 0 Å². The van der Waals surface area contributed by atoms with E-state index in [1.54, 1.807) is 6.07 Å². The van der Waals surface area contributed by atoms with Gasteiger partial charge in [-0.1, -0.05) is 27.7 Å². The Morgan fingerprint density at radius 2 is 1.67 bits per heavy atom. The number of H-pyrrole nitrogens is 2. The van der Waals surface area contributed by atoms with E-state index in [1.165, 1.54) is 12.1 Å². The first kappa shape index (κ1) is 30.6. The molecule has 0 unspecified atom stereocenters. The average molecular weight is 594 g/mol. The number of nitrogens with one attached hydrogen (secondary N) is 2. The van der Waals surface area contributed by atoms with Gasteiger partial charge in [0.25, 0.3) is 0 Å². The summed E-state index contributed by atoms with van der Waals surface area (Å²) in [6, 6.07) is 6.02. The number of hydrogen-bond donors (Lipinski definition) is 3. The van der Waals surface area contributed by atoms with Crippen LogP contribution in [-0.2, 0) is 11.8 Å². The first-order valence-electron chi connectivity index (χ1n) is 15.0. The molecular formula is C32H41F2N7O2. The van der Waals surface area contributed by atoms with E-state index in [9.17, 15) is 13.9 Å². The van der Waals surface area contributed by atoms with Crippen molar-refractivity contribution in [3.63, 3.8) is 0 Å². The number of hydrogen-bond acceptors (Lipinski definition) is 7. The molecule has 1 aromatic carbocycles. The molecule has 4 aromatic rings. The maximum atomic E-state index is 14.9. The first-order chi connectivity index (χ1) is 20.6. The molecule has 4 heterocycles. The Morgan fingerprint density at radius 3 is 2.33 bits per heavy atom. The van der Waals surface area contributed by atoms with E-state index in [-0.39, 0.29) is 23.6 Å². The molecule has 43 heavy (non-hydrogen) atoms. The highest BCUT2D eigenvalue weighted by Crippen LogP contribution is 2.32. The number of halogens is 2. The lowest BCUT2D eigenvalue weighted by Crippen LogP contribution is -2.34. The molecule has 1 aliphatic rings. The number of anilines is 1. The molecule has 0 amide bonds. The second-order valence-electron chi connectivity index (χ2n) is 12.5. The third-order valence-electron chi connectivity index (χ3n) is 8.09. The van der Waals surface area contributed by atoms with E-state index >= 15 is 0 Å². The van der Waals surface area contributed by atoms with Crippen molar-refractivity contribution >= 4 is 5.95 Å². The minimum absolute atomic E-state index is 0.125. The monoisotopic (exact) mass is 593 g/mol. The fraction of sp³-hybridized carbons (Fsp3) is 0.500. The van der Waals surface area contributed by atoms with Crippen LogP contribution in [0.2, 0.25) is 0 Å². The van der Waals surface area contributed by atoms with Crippen LogP contribution in [0.25, 0.3) is 22.5 Å². The van der Waals surface area contributed by atoms with Crippen LogP contribution in [0.15, 0.2) is 36.7 Å². The molecular weight excluding hydrogens is 552 g/mol. The van der Waals surface area contributed by atoms with Gasteiger partial charge < -0.3 is 14.7 Å². The van der Waals surface area contributed by atoms with Crippen molar-refractivity contribution in [3.05, 3.63) is 59.7 Å². The van der Waals surface area contributed by atoms with Gasteiger partial charge in [-0.2, -0.15) is 10.2 Å². The van der Waals surface area contributed by atoms with Gasteiger partial charge in [-0.25, -0.2) is 18.7 Å². The Bertz CT molecular complexity index is 1470. The number of aliphatic hydroxyl groups is 1. The van der Waals surface area contributed by atoms with Crippen molar-refractivity contribution < 1.29 is 18.6 Å². The van der Waals surface area contributed by atoms with Gasteiger partial charge in [-0.3, -0.25) is 10.2 Å². The number of rotatable bonds is 12. The van der Waals surface area contributed by atoms with Gasteiger partial charge in [0.05, 0.1) is 30.2 Å². The highest BCUT2D eigenvalue weighted by atomic mass is 19.1. The third kappa shape index (κ3) is 7.38. The smallest absolute Gasteiger partial charge is 0.225 e. The summed E-state index contributed by atoms with van der Waals surface area (Å²) in [5, 5.41) is 23.9. The maximum absolute atomic E-state index is 14.9. The standard InChI is InChI=1S/C32H41F2N7O2/c1-20(2)12-23-13-27(38-37-23)22-17-35-31(36-18-22)41-9-7-21(8-10-41)6-5-11-43-24-14-25(33)30(26(34)15-24)28-16-29(40-39-28)32(3,4)19-42/h13-18,20-21,42H,5-12,19H2,1-4H3,(H,37,38)(H,39,40). The molecule has 0 atom stereocenters. The number of aromatic amines is 2. The van der Waals surface area contributed by atoms with E-state index in [0.717, 1.165) is 68.1 Å². The lowest BCUT2D eigenvalue weighted by atomic mass is 9.90. The molecule has 1 saturated heterocycles. The van der Waals surface area contributed by atoms with Gasteiger partial charge in [-0.15, -0.1) is 0 Å². The Hall–Kier alpha value is -3.86. The molecule has 0 saturated carbocycles. The zero-order valence-corrected chi connectivity index (χ0v) is 25.3. The summed E-state index contributed by atoms with van der Waals surface area (Å²) in [5.41, 5.74) is 2.81. The number of nitrogens with zero attached hydrogens (tertiary/aromatic N) is 5.